The molecule has 2 aliphatic heterocycles. The zero-order valence-corrected chi connectivity index (χ0v) is 9.43. The Balaban J connectivity index is 2.05. The maximum Gasteiger partial charge on any atom is 0.0866 e. The van der Waals surface area contributed by atoms with Crippen molar-refractivity contribution in [3.05, 3.63) is 53.6 Å². The van der Waals surface area contributed by atoms with E-state index in [1.54, 1.807) is 0 Å². The Hall–Kier alpha value is -2.09. The van der Waals surface area contributed by atoms with E-state index >= 15 is 0 Å². The molecule has 2 heterocycles. The molecule has 2 aromatic carbocycles. The van der Waals surface area contributed by atoms with Crippen LogP contribution in [0.3, 0.4) is 0 Å². The van der Waals surface area contributed by atoms with Gasteiger partial charge in [0.05, 0.1) is 17.1 Å². The maximum atomic E-state index is 4.59. The molecule has 0 atom stereocenters. The minimum absolute atomic E-state index is 1.06. The maximum absolute atomic E-state index is 4.59. The van der Waals surface area contributed by atoms with Crippen LogP contribution in [0.4, 0.5) is 17.1 Å². The Morgan fingerprint density at radius 2 is 1.94 bits per heavy atom. The molecule has 0 bridgehead atoms. The predicted molar refractivity (Wildman–Crippen MR) is 70.8 cm³/mol. The highest BCUT2D eigenvalue weighted by Crippen LogP contribution is 2.42. The summed E-state index contributed by atoms with van der Waals surface area (Å²) in [7, 11) is 0. The molecule has 0 fully saturated rings. The Labute approximate surface area is 100 Å². The van der Waals surface area contributed by atoms with Crippen LogP contribution in [0.5, 0.6) is 0 Å². The van der Waals surface area contributed by atoms with E-state index in [0.29, 0.717) is 0 Å². The van der Waals surface area contributed by atoms with Gasteiger partial charge in [-0.05, 0) is 24.1 Å². The summed E-state index contributed by atoms with van der Waals surface area (Å²) < 4.78 is 0. The Morgan fingerprint density at radius 1 is 1.00 bits per heavy atom. The lowest BCUT2D eigenvalue weighted by Gasteiger charge is -2.20. The molecule has 2 aromatic rings. The van der Waals surface area contributed by atoms with Gasteiger partial charge in [0.2, 0.25) is 0 Å². The number of fused-ring (bicyclic) bond motifs is 2. The zero-order chi connectivity index (χ0) is 11.2. The average molecular weight is 220 g/mol. The SMILES string of the molecule is C1=Nc2ccccc2N2CCc3cccc1c32. The number of nitrogens with zero attached hydrogens (tertiary/aromatic N) is 2. The summed E-state index contributed by atoms with van der Waals surface area (Å²) in [6.45, 7) is 1.06. The van der Waals surface area contributed by atoms with Crippen molar-refractivity contribution in [1.29, 1.82) is 0 Å². The van der Waals surface area contributed by atoms with Crippen LogP contribution < -0.4 is 4.90 Å². The lowest BCUT2D eigenvalue weighted by molar-refractivity contribution is 0.999. The molecule has 82 valence electrons. The molecule has 4 rings (SSSR count). The highest BCUT2D eigenvalue weighted by Gasteiger charge is 2.25. The van der Waals surface area contributed by atoms with E-state index in [2.05, 4.69) is 46.3 Å². The molecule has 2 aliphatic rings. The zero-order valence-electron chi connectivity index (χ0n) is 9.43. The van der Waals surface area contributed by atoms with Crippen LogP contribution in [0.15, 0.2) is 47.5 Å². The number of benzene rings is 2. The van der Waals surface area contributed by atoms with Crippen molar-refractivity contribution in [2.24, 2.45) is 4.99 Å². The fourth-order valence-electron chi connectivity index (χ4n) is 2.77. The van der Waals surface area contributed by atoms with Gasteiger partial charge >= 0.3 is 0 Å². The van der Waals surface area contributed by atoms with Crippen LogP contribution in [-0.4, -0.2) is 12.8 Å². The summed E-state index contributed by atoms with van der Waals surface area (Å²) in [6.07, 6.45) is 3.12. The van der Waals surface area contributed by atoms with E-state index < -0.39 is 0 Å². The molecular formula is C15H12N2. The Kier molecular flexibility index (Phi) is 1.69. The first-order valence-corrected chi connectivity index (χ1v) is 5.96. The molecule has 0 aromatic heterocycles. The van der Waals surface area contributed by atoms with E-state index in [1.165, 1.54) is 22.5 Å². The first-order chi connectivity index (χ1) is 8.43. The van der Waals surface area contributed by atoms with E-state index in [1.807, 2.05) is 12.3 Å². The van der Waals surface area contributed by atoms with Crippen LogP contribution in [0.2, 0.25) is 0 Å². The van der Waals surface area contributed by atoms with E-state index in [-0.39, 0.29) is 0 Å². The number of hydrogen-bond donors (Lipinski definition) is 0. The van der Waals surface area contributed by atoms with E-state index in [9.17, 15) is 0 Å². The van der Waals surface area contributed by atoms with Gasteiger partial charge in [0, 0.05) is 18.3 Å². The van der Waals surface area contributed by atoms with Crippen molar-refractivity contribution in [3.8, 4) is 0 Å². The molecule has 0 radical (unpaired) electrons. The number of rotatable bonds is 0. The summed E-state index contributed by atoms with van der Waals surface area (Å²) in [4.78, 5) is 6.98. The molecule has 0 amide bonds. The second-order valence-electron chi connectivity index (χ2n) is 4.50. The molecule has 0 spiro atoms. The minimum Gasteiger partial charge on any atom is -0.339 e. The van der Waals surface area contributed by atoms with Gasteiger partial charge in [-0.25, -0.2) is 0 Å². The third-order valence-corrected chi connectivity index (χ3v) is 3.54. The fraction of sp³-hybridized carbons (Fsp3) is 0.133. The monoisotopic (exact) mass is 220 g/mol. The van der Waals surface area contributed by atoms with Gasteiger partial charge in [0.15, 0.2) is 0 Å². The third kappa shape index (κ3) is 1.18. The van der Waals surface area contributed by atoms with E-state index in [0.717, 1.165) is 18.7 Å². The quantitative estimate of drug-likeness (QED) is 0.664. The topological polar surface area (TPSA) is 15.6 Å². The minimum atomic E-state index is 1.06. The van der Waals surface area contributed by atoms with E-state index in [4.69, 9.17) is 0 Å². The van der Waals surface area contributed by atoms with Crippen LogP contribution in [0.1, 0.15) is 11.1 Å². The van der Waals surface area contributed by atoms with Crippen LogP contribution in [0.25, 0.3) is 0 Å². The van der Waals surface area contributed by atoms with Crippen LogP contribution in [0, 0.1) is 0 Å². The summed E-state index contributed by atoms with van der Waals surface area (Å²) >= 11 is 0. The standard InChI is InChI=1S/C15H12N2/c1-2-7-14-13(6-1)16-10-12-5-3-4-11-8-9-17(14)15(11)12/h1-7,10H,8-9H2. The van der Waals surface area contributed by atoms with Gasteiger partial charge in [0.1, 0.15) is 0 Å². The van der Waals surface area contributed by atoms with Crippen molar-refractivity contribution in [2.45, 2.75) is 6.42 Å². The Morgan fingerprint density at radius 3 is 2.94 bits per heavy atom. The second kappa shape index (κ2) is 3.20. The van der Waals surface area contributed by atoms with Gasteiger partial charge in [-0.3, -0.25) is 4.99 Å². The van der Waals surface area contributed by atoms with Gasteiger partial charge in [-0.1, -0.05) is 30.3 Å². The second-order valence-corrected chi connectivity index (χ2v) is 4.50. The molecule has 0 N–H and O–H groups in total. The molecule has 17 heavy (non-hydrogen) atoms. The molecule has 0 saturated carbocycles. The molecule has 2 heteroatoms. The highest BCUT2D eigenvalue weighted by atomic mass is 15.2. The Bertz CT molecular complexity index is 629. The summed E-state index contributed by atoms with van der Waals surface area (Å²) in [6, 6.07) is 14.9. The summed E-state index contributed by atoms with van der Waals surface area (Å²) in [5.74, 6) is 0. The summed E-state index contributed by atoms with van der Waals surface area (Å²) in [5.41, 5.74) is 6.31. The lowest BCUT2D eigenvalue weighted by Crippen LogP contribution is -2.13. The van der Waals surface area contributed by atoms with Crippen molar-refractivity contribution in [2.75, 3.05) is 11.4 Å². The fourth-order valence-corrected chi connectivity index (χ4v) is 2.77. The van der Waals surface area contributed by atoms with Crippen LogP contribution >= 0.6 is 0 Å². The third-order valence-electron chi connectivity index (χ3n) is 3.54. The molecular weight excluding hydrogens is 208 g/mol. The average Bonchev–Trinajstić information content (AvgIpc) is 2.73. The highest BCUT2D eigenvalue weighted by molar-refractivity contribution is 5.97. The molecule has 0 aliphatic carbocycles. The van der Waals surface area contributed by atoms with Crippen molar-refractivity contribution in [1.82, 2.24) is 0 Å². The lowest BCUT2D eigenvalue weighted by atomic mass is 10.1. The molecule has 0 unspecified atom stereocenters. The molecule has 0 saturated heterocycles. The largest absolute Gasteiger partial charge is 0.339 e. The predicted octanol–water partition coefficient (Wildman–Crippen LogP) is 3.44. The number of hydrogen-bond acceptors (Lipinski definition) is 2. The number of para-hydroxylation sites is 3. The summed E-state index contributed by atoms with van der Waals surface area (Å²) in [5, 5.41) is 0. The number of anilines is 2. The first-order valence-electron chi connectivity index (χ1n) is 5.96. The first kappa shape index (κ1) is 8.99. The normalized spacial score (nSPS) is 15.4. The molecule has 2 nitrogen and oxygen atoms in total. The number of aliphatic imine (C=N–C) groups is 1. The van der Waals surface area contributed by atoms with Gasteiger partial charge in [-0.15, -0.1) is 0 Å². The van der Waals surface area contributed by atoms with Gasteiger partial charge in [-0.2, -0.15) is 0 Å². The van der Waals surface area contributed by atoms with Crippen LogP contribution in [-0.2, 0) is 6.42 Å². The van der Waals surface area contributed by atoms with Crippen molar-refractivity contribution >= 4 is 23.3 Å². The van der Waals surface area contributed by atoms with Crippen molar-refractivity contribution in [3.63, 3.8) is 0 Å². The van der Waals surface area contributed by atoms with Crippen molar-refractivity contribution < 1.29 is 0 Å². The van der Waals surface area contributed by atoms with Gasteiger partial charge in [0.25, 0.3) is 0 Å². The smallest absolute Gasteiger partial charge is 0.0866 e. The van der Waals surface area contributed by atoms with Gasteiger partial charge < -0.3 is 4.90 Å².